The van der Waals surface area contributed by atoms with Crippen LogP contribution in [-0.2, 0) is 0 Å². The van der Waals surface area contributed by atoms with Gasteiger partial charge in [0.2, 0.25) is 5.82 Å². The van der Waals surface area contributed by atoms with Gasteiger partial charge in [0.25, 0.3) is 12.3 Å². The number of ether oxygens (including phenoxy) is 1. The molecule has 0 unspecified atom stereocenters. The lowest BCUT2D eigenvalue weighted by Crippen LogP contribution is -2.13. The third-order valence-corrected chi connectivity index (χ3v) is 3.81. The summed E-state index contributed by atoms with van der Waals surface area (Å²) >= 11 is 0. The molecule has 28 heavy (non-hydrogen) atoms. The fraction of sp³-hybridized carbons (Fsp3) is 0.125. The van der Waals surface area contributed by atoms with Crippen molar-refractivity contribution < 1.29 is 34.8 Å². The van der Waals surface area contributed by atoms with Gasteiger partial charge in [0.05, 0.1) is 5.52 Å². The topological polar surface area (TPSA) is 180 Å². The molecule has 0 saturated heterocycles. The van der Waals surface area contributed by atoms with E-state index in [2.05, 4.69) is 25.2 Å². The summed E-state index contributed by atoms with van der Waals surface area (Å²) in [5.41, 5.74) is 1.73. The summed E-state index contributed by atoms with van der Waals surface area (Å²) in [6.07, 6.45) is -1.81. The van der Waals surface area contributed by atoms with Crippen molar-refractivity contribution in [3.8, 4) is 34.3 Å². The molecule has 4 aromatic rings. The molecule has 0 aliphatic rings. The van der Waals surface area contributed by atoms with Gasteiger partial charge in [-0.3, -0.25) is 0 Å². The highest BCUT2D eigenvalue weighted by Gasteiger charge is 2.16. The molecule has 0 aliphatic carbocycles. The number of nitrogens with zero attached hydrogens (tertiary/aromatic N) is 5. The van der Waals surface area contributed by atoms with Gasteiger partial charge in [0.15, 0.2) is 11.5 Å². The zero-order chi connectivity index (χ0) is 19.8. The number of aromatic nitrogens is 5. The number of aromatic hydroxyl groups is 1. The lowest BCUT2D eigenvalue weighted by Gasteiger charge is -2.09. The largest absolute Gasteiger partial charge is 0.504 e. The van der Waals surface area contributed by atoms with E-state index in [0.29, 0.717) is 22.2 Å². The third-order valence-electron chi connectivity index (χ3n) is 3.81. The normalized spacial score (nSPS) is 11.6. The van der Waals surface area contributed by atoms with E-state index in [1.54, 1.807) is 18.2 Å². The van der Waals surface area contributed by atoms with Gasteiger partial charge in [-0.15, -0.1) is 5.10 Å². The SMILES string of the molecule is Oc1cc(-c2noc(-c3ccc4c(c3)nnn4C(O)O)n2)ccc1OC(O)O. The predicted octanol–water partition coefficient (Wildman–Crippen LogP) is -0.0584. The summed E-state index contributed by atoms with van der Waals surface area (Å²) in [6.45, 7) is -2.06. The van der Waals surface area contributed by atoms with Gasteiger partial charge in [0.1, 0.15) is 5.52 Å². The van der Waals surface area contributed by atoms with E-state index >= 15 is 0 Å². The van der Waals surface area contributed by atoms with Crippen molar-refractivity contribution in [2.75, 3.05) is 0 Å². The first-order chi connectivity index (χ1) is 13.4. The highest BCUT2D eigenvalue weighted by Crippen LogP contribution is 2.32. The molecule has 0 atom stereocenters. The van der Waals surface area contributed by atoms with Gasteiger partial charge in [-0.05, 0) is 36.4 Å². The molecule has 0 spiro atoms. The van der Waals surface area contributed by atoms with Crippen molar-refractivity contribution in [1.82, 2.24) is 25.1 Å². The average Bonchev–Trinajstić information content (AvgIpc) is 3.29. The molecule has 2 aromatic carbocycles. The Labute approximate surface area is 155 Å². The second kappa shape index (κ2) is 6.86. The molecule has 144 valence electrons. The van der Waals surface area contributed by atoms with E-state index < -0.39 is 12.9 Å². The fourth-order valence-corrected chi connectivity index (χ4v) is 2.57. The Morgan fingerprint density at radius 1 is 1.00 bits per heavy atom. The minimum absolute atomic E-state index is 0.123. The predicted molar refractivity (Wildman–Crippen MR) is 90.2 cm³/mol. The molecule has 0 fully saturated rings. The minimum atomic E-state index is -2.06. The molecular weight excluding hydrogens is 374 g/mol. The summed E-state index contributed by atoms with van der Waals surface area (Å²) in [5, 5.41) is 57.3. The minimum Gasteiger partial charge on any atom is -0.504 e. The maximum absolute atomic E-state index is 9.90. The molecule has 0 aliphatic heterocycles. The quantitative estimate of drug-likeness (QED) is 0.289. The first kappa shape index (κ1) is 17.8. The van der Waals surface area contributed by atoms with E-state index in [1.165, 1.54) is 18.2 Å². The van der Waals surface area contributed by atoms with Gasteiger partial charge in [-0.2, -0.15) is 9.67 Å². The zero-order valence-electron chi connectivity index (χ0n) is 13.9. The van der Waals surface area contributed by atoms with Crippen LogP contribution in [0.15, 0.2) is 40.9 Å². The Kier molecular flexibility index (Phi) is 4.37. The lowest BCUT2D eigenvalue weighted by atomic mass is 10.2. The molecule has 0 saturated carbocycles. The summed E-state index contributed by atoms with van der Waals surface area (Å²) < 4.78 is 10.8. The second-order valence-electron chi connectivity index (χ2n) is 5.63. The maximum atomic E-state index is 9.90. The molecule has 0 amide bonds. The van der Waals surface area contributed by atoms with Crippen LogP contribution in [0.2, 0.25) is 0 Å². The average molecular weight is 387 g/mol. The fourth-order valence-electron chi connectivity index (χ4n) is 2.57. The van der Waals surface area contributed by atoms with Crippen LogP contribution >= 0.6 is 0 Å². The summed E-state index contributed by atoms with van der Waals surface area (Å²) in [4.78, 5) is 4.25. The third kappa shape index (κ3) is 3.23. The first-order valence-corrected chi connectivity index (χ1v) is 7.84. The van der Waals surface area contributed by atoms with Gasteiger partial charge in [0, 0.05) is 11.1 Å². The van der Waals surface area contributed by atoms with Gasteiger partial charge in [-0.1, -0.05) is 10.4 Å². The van der Waals surface area contributed by atoms with Gasteiger partial charge in [-0.25, -0.2) is 0 Å². The lowest BCUT2D eigenvalue weighted by molar-refractivity contribution is -0.180. The Hall–Kier alpha value is -3.58. The number of hydrogen-bond acceptors (Lipinski definition) is 11. The Balaban J connectivity index is 1.64. The highest BCUT2D eigenvalue weighted by atomic mass is 16.7. The number of phenols is 1. The smallest absolute Gasteiger partial charge is 0.310 e. The summed E-state index contributed by atoms with van der Waals surface area (Å²) in [7, 11) is 0. The molecule has 0 bridgehead atoms. The molecular formula is C16H13N5O7. The van der Waals surface area contributed by atoms with Crippen LogP contribution in [0, 0.1) is 0 Å². The molecule has 12 heteroatoms. The van der Waals surface area contributed by atoms with Crippen molar-refractivity contribution in [3.05, 3.63) is 36.4 Å². The number of rotatable bonds is 5. The first-order valence-electron chi connectivity index (χ1n) is 7.84. The van der Waals surface area contributed by atoms with E-state index in [9.17, 15) is 15.3 Å². The van der Waals surface area contributed by atoms with Gasteiger partial charge < -0.3 is 34.8 Å². The summed E-state index contributed by atoms with van der Waals surface area (Å²) in [6, 6.07) is 8.90. The van der Waals surface area contributed by atoms with E-state index in [0.717, 1.165) is 4.68 Å². The zero-order valence-corrected chi connectivity index (χ0v) is 13.9. The van der Waals surface area contributed by atoms with Crippen LogP contribution in [0.25, 0.3) is 33.9 Å². The molecule has 2 aromatic heterocycles. The van der Waals surface area contributed by atoms with Crippen molar-refractivity contribution in [2.24, 2.45) is 0 Å². The van der Waals surface area contributed by atoms with Crippen molar-refractivity contribution in [2.45, 2.75) is 12.9 Å². The summed E-state index contributed by atoms with van der Waals surface area (Å²) in [5.74, 6) is -0.114. The van der Waals surface area contributed by atoms with Crippen LogP contribution in [-0.4, -0.2) is 57.1 Å². The number of hydrogen-bond donors (Lipinski definition) is 5. The number of phenolic OH excluding ortho intramolecular Hbond substituents is 1. The van der Waals surface area contributed by atoms with E-state index in [4.69, 9.17) is 14.7 Å². The van der Waals surface area contributed by atoms with Gasteiger partial charge >= 0.3 is 6.48 Å². The maximum Gasteiger partial charge on any atom is 0.310 e. The van der Waals surface area contributed by atoms with Crippen LogP contribution < -0.4 is 4.74 Å². The number of fused-ring (bicyclic) bond motifs is 1. The monoisotopic (exact) mass is 387 g/mol. The van der Waals surface area contributed by atoms with Crippen LogP contribution in [0.4, 0.5) is 0 Å². The van der Waals surface area contributed by atoms with Crippen molar-refractivity contribution in [3.63, 3.8) is 0 Å². The molecule has 5 N–H and O–H groups in total. The van der Waals surface area contributed by atoms with Crippen LogP contribution in [0.3, 0.4) is 0 Å². The highest BCUT2D eigenvalue weighted by molar-refractivity contribution is 5.79. The van der Waals surface area contributed by atoms with Crippen molar-refractivity contribution in [1.29, 1.82) is 0 Å². The number of aliphatic hydroxyl groups is 4. The molecule has 12 nitrogen and oxygen atoms in total. The molecule has 4 rings (SSSR count). The molecule has 2 heterocycles. The Morgan fingerprint density at radius 3 is 2.50 bits per heavy atom. The Bertz CT molecular complexity index is 1140. The number of aliphatic hydroxyl groups excluding tert-OH is 2. The van der Waals surface area contributed by atoms with E-state index in [-0.39, 0.29) is 23.2 Å². The Morgan fingerprint density at radius 2 is 1.79 bits per heavy atom. The standard InChI is InChI=1S/C16H13N5O7/c22-11-6-7(2-4-12(11)27-16(25)26)13-17-14(28-19-13)8-1-3-10-9(5-8)18-20-21(10)15(23)24/h1-6,15-16,22-26H. The van der Waals surface area contributed by atoms with E-state index in [1.807, 2.05) is 0 Å². The number of benzene rings is 2. The molecule has 0 radical (unpaired) electrons. The van der Waals surface area contributed by atoms with Crippen molar-refractivity contribution >= 4 is 11.0 Å². The van der Waals surface area contributed by atoms with Crippen LogP contribution in [0.5, 0.6) is 11.5 Å². The second-order valence-corrected chi connectivity index (χ2v) is 5.63. The van der Waals surface area contributed by atoms with Crippen LogP contribution in [0.1, 0.15) is 6.41 Å².